The van der Waals surface area contributed by atoms with Gasteiger partial charge < -0.3 is 20.1 Å². The summed E-state index contributed by atoms with van der Waals surface area (Å²) in [5, 5.41) is 5.22. The van der Waals surface area contributed by atoms with Crippen molar-refractivity contribution < 1.29 is 23.9 Å². The molecule has 0 saturated carbocycles. The maximum atomic E-state index is 11.5. The number of hydrogen-bond donors (Lipinski definition) is 2. The molecule has 0 aromatic carbocycles. The fraction of sp³-hybridized carbons (Fsp3) is 0.643. The van der Waals surface area contributed by atoms with Crippen LogP contribution in [0.15, 0.2) is 12.7 Å². The predicted octanol–water partition coefficient (Wildman–Crippen LogP) is 0.947. The second-order valence-electron chi connectivity index (χ2n) is 4.98. The molecule has 2 amide bonds. The topological polar surface area (TPSA) is 93.7 Å². The number of esters is 2. The summed E-state index contributed by atoms with van der Waals surface area (Å²) >= 11 is 1.56. The zero-order valence-electron chi connectivity index (χ0n) is 13.3. The number of carbonyl (C=O) groups is 3. The number of amides is 2. The van der Waals surface area contributed by atoms with Crippen molar-refractivity contribution in [3.63, 3.8) is 0 Å². The van der Waals surface area contributed by atoms with Gasteiger partial charge in [-0.25, -0.2) is 9.59 Å². The lowest BCUT2D eigenvalue weighted by Crippen LogP contribution is -2.38. The van der Waals surface area contributed by atoms with Crippen LogP contribution in [0.5, 0.6) is 0 Å². The molecule has 8 heteroatoms. The van der Waals surface area contributed by atoms with E-state index >= 15 is 0 Å². The van der Waals surface area contributed by atoms with Gasteiger partial charge in [0.2, 0.25) is 0 Å². The van der Waals surface area contributed by atoms with Gasteiger partial charge in [0.1, 0.15) is 6.61 Å². The van der Waals surface area contributed by atoms with E-state index in [2.05, 4.69) is 17.2 Å². The Labute approximate surface area is 135 Å². The van der Waals surface area contributed by atoms with Gasteiger partial charge in [-0.2, -0.15) is 11.8 Å². The standard InChI is InChI=1S/C14H24N2O5S/c1-5-11(17)21-8-6-15-13(19)16-7-9-22-10-14(2,3)12(18)20-4/h5H,1,6-10H2,2-4H3,(H2,15,16,19). The van der Waals surface area contributed by atoms with Crippen molar-refractivity contribution in [1.82, 2.24) is 10.6 Å². The normalized spacial score (nSPS) is 10.5. The van der Waals surface area contributed by atoms with E-state index in [1.807, 2.05) is 13.8 Å². The summed E-state index contributed by atoms with van der Waals surface area (Å²) in [6.45, 7) is 7.69. The molecule has 22 heavy (non-hydrogen) atoms. The van der Waals surface area contributed by atoms with Gasteiger partial charge in [0.15, 0.2) is 0 Å². The molecule has 0 bridgehead atoms. The SMILES string of the molecule is C=CC(=O)OCCNC(=O)NCCSCC(C)(C)C(=O)OC. The Hall–Kier alpha value is -1.70. The Morgan fingerprint density at radius 3 is 2.45 bits per heavy atom. The van der Waals surface area contributed by atoms with E-state index in [4.69, 9.17) is 9.47 Å². The lowest BCUT2D eigenvalue weighted by Gasteiger charge is -2.20. The Morgan fingerprint density at radius 2 is 1.86 bits per heavy atom. The van der Waals surface area contributed by atoms with Crippen LogP contribution in [0, 0.1) is 5.41 Å². The largest absolute Gasteiger partial charge is 0.469 e. The van der Waals surface area contributed by atoms with Crippen molar-refractivity contribution in [3.05, 3.63) is 12.7 Å². The highest BCUT2D eigenvalue weighted by molar-refractivity contribution is 7.99. The minimum Gasteiger partial charge on any atom is -0.469 e. The average Bonchev–Trinajstić information content (AvgIpc) is 2.49. The number of ether oxygens (including phenoxy) is 2. The van der Waals surface area contributed by atoms with E-state index in [-0.39, 0.29) is 25.2 Å². The fourth-order valence-electron chi connectivity index (χ4n) is 1.34. The summed E-state index contributed by atoms with van der Waals surface area (Å²) in [4.78, 5) is 33.6. The number of rotatable bonds is 10. The minimum absolute atomic E-state index is 0.0976. The molecule has 0 aromatic heterocycles. The van der Waals surface area contributed by atoms with E-state index < -0.39 is 11.4 Å². The first kappa shape index (κ1) is 20.3. The lowest BCUT2D eigenvalue weighted by atomic mass is 9.97. The van der Waals surface area contributed by atoms with Crippen LogP contribution < -0.4 is 10.6 Å². The van der Waals surface area contributed by atoms with Crippen LogP contribution in [-0.4, -0.2) is 56.3 Å². The highest BCUT2D eigenvalue weighted by Crippen LogP contribution is 2.22. The van der Waals surface area contributed by atoms with Crippen molar-refractivity contribution in [1.29, 1.82) is 0 Å². The van der Waals surface area contributed by atoms with Crippen LogP contribution >= 0.6 is 11.8 Å². The van der Waals surface area contributed by atoms with Crippen LogP contribution in [0.4, 0.5) is 4.79 Å². The molecule has 0 unspecified atom stereocenters. The Bertz CT molecular complexity index is 399. The molecule has 7 nitrogen and oxygen atoms in total. The third-order valence-corrected chi connectivity index (χ3v) is 3.95. The first-order chi connectivity index (χ1) is 10.3. The van der Waals surface area contributed by atoms with Crippen molar-refractivity contribution in [3.8, 4) is 0 Å². The van der Waals surface area contributed by atoms with Gasteiger partial charge in [0.25, 0.3) is 0 Å². The van der Waals surface area contributed by atoms with Gasteiger partial charge in [-0.1, -0.05) is 6.58 Å². The number of thioether (sulfide) groups is 1. The van der Waals surface area contributed by atoms with E-state index in [1.165, 1.54) is 7.11 Å². The molecule has 0 rings (SSSR count). The molecular formula is C14H24N2O5S. The smallest absolute Gasteiger partial charge is 0.330 e. The summed E-state index contributed by atoms with van der Waals surface area (Å²) < 4.78 is 9.42. The zero-order valence-corrected chi connectivity index (χ0v) is 14.1. The molecule has 0 aromatic rings. The van der Waals surface area contributed by atoms with E-state index in [9.17, 15) is 14.4 Å². The molecule has 0 aliphatic rings. The Balaban J connectivity index is 3.63. The predicted molar refractivity (Wildman–Crippen MR) is 85.7 cm³/mol. The minimum atomic E-state index is -0.545. The zero-order chi connectivity index (χ0) is 17.0. The molecular weight excluding hydrogens is 308 g/mol. The molecule has 0 saturated heterocycles. The van der Waals surface area contributed by atoms with Gasteiger partial charge in [-0.05, 0) is 13.8 Å². The van der Waals surface area contributed by atoms with Crippen LogP contribution in [0.2, 0.25) is 0 Å². The third kappa shape index (κ3) is 9.28. The van der Waals surface area contributed by atoms with E-state index in [1.54, 1.807) is 11.8 Å². The van der Waals surface area contributed by atoms with Gasteiger partial charge in [0.05, 0.1) is 19.1 Å². The van der Waals surface area contributed by atoms with Gasteiger partial charge in [-0.3, -0.25) is 4.79 Å². The number of nitrogens with one attached hydrogen (secondary N) is 2. The van der Waals surface area contributed by atoms with Crippen molar-refractivity contribution in [2.24, 2.45) is 5.41 Å². The van der Waals surface area contributed by atoms with Crippen LogP contribution in [-0.2, 0) is 19.1 Å². The number of carbonyl (C=O) groups excluding carboxylic acids is 3. The molecule has 0 atom stereocenters. The maximum Gasteiger partial charge on any atom is 0.330 e. The van der Waals surface area contributed by atoms with Gasteiger partial charge in [0, 0.05) is 24.1 Å². The van der Waals surface area contributed by atoms with E-state index in [0.717, 1.165) is 6.08 Å². The third-order valence-electron chi connectivity index (χ3n) is 2.53. The van der Waals surface area contributed by atoms with Crippen molar-refractivity contribution in [2.45, 2.75) is 13.8 Å². The quantitative estimate of drug-likeness (QED) is 0.351. The molecule has 0 radical (unpaired) electrons. The van der Waals surface area contributed by atoms with Crippen molar-refractivity contribution in [2.75, 3.05) is 38.3 Å². The molecule has 0 aliphatic heterocycles. The number of methoxy groups -OCH3 is 1. The molecule has 0 heterocycles. The first-order valence-corrected chi connectivity index (χ1v) is 7.96. The van der Waals surface area contributed by atoms with Gasteiger partial charge >= 0.3 is 18.0 Å². The second kappa shape index (κ2) is 10.9. The Kier molecular flexibility index (Phi) is 10.1. The average molecular weight is 332 g/mol. The van der Waals surface area contributed by atoms with E-state index in [0.29, 0.717) is 18.1 Å². The summed E-state index contributed by atoms with van der Waals surface area (Å²) in [5.41, 5.74) is -0.545. The molecule has 126 valence electrons. The lowest BCUT2D eigenvalue weighted by molar-refractivity contribution is -0.149. The first-order valence-electron chi connectivity index (χ1n) is 6.80. The summed E-state index contributed by atoms with van der Waals surface area (Å²) in [6, 6.07) is -0.331. The highest BCUT2D eigenvalue weighted by Gasteiger charge is 2.28. The van der Waals surface area contributed by atoms with Crippen molar-refractivity contribution >= 4 is 29.7 Å². The highest BCUT2D eigenvalue weighted by atomic mass is 32.2. The number of urea groups is 1. The maximum absolute atomic E-state index is 11.5. The fourth-order valence-corrected chi connectivity index (χ4v) is 2.36. The molecule has 0 fully saturated rings. The molecule has 0 spiro atoms. The summed E-state index contributed by atoms with van der Waals surface area (Å²) in [6.07, 6.45) is 1.06. The van der Waals surface area contributed by atoms with Crippen LogP contribution in [0.1, 0.15) is 13.8 Å². The van der Waals surface area contributed by atoms with Gasteiger partial charge in [-0.15, -0.1) is 0 Å². The molecule has 0 aliphatic carbocycles. The Morgan fingerprint density at radius 1 is 1.23 bits per heavy atom. The summed E-state index contributed by atoms with van der Waals surface area (Å²) in [5.74, 6) is 0.520. The molecule has 2 N–H and O–H groups in total. The monoisotopic (exact) mass is 332 g/mol. The van der Waals surface area contributed by atoms with Crippen LogP contribution in [0.3, 0.4) is 0 Å². The van der Waals surface area contributed by atoms with Crippen LogP contribution in [0.25, 0.3) is 0 Å². The second-order valence-corrected chi connectivity index (χ2v) is 6.09. The summed E-state index contributed by atoms with van der Waals surface area (Å²) in [7, 11) is 1.37. The number of hydrogen-bond acceptors (Lipinski definition) is 6.